The zero-order chi connectivity index (χ0) is 19.1. The van der Waals surface area contributed by atoms with Crippen LogP contribution in [0.25, 0.3) is 44.9 Å². The summed E-state index contributed by atoms with van der Waals surface area (Å²) in [6.07, 6.45) is 1.79. The van der Waals surface area contributed by atoms with E-state index in [1.54, 1.807) is 6.20 Å². The van der Waals surface area contributed by atoms with E-state index in [9.17, 15) is 0 Å². The first-order valence-electron chi connectivity index (χ1n) is 9.13. The molecule has 136 valence electrons. The van der Waals surface area contributed by atoms with Gasteiger partial charge in [-0.05, 0) is 66.4 Å². The van der Waals surface area contributed by atoms with Gasteiger partial charge in [0.05, 0.1) is 11.7 Å². The molecule has 28 heavy (non-hydrogen) atoms. The Hall–Kier alpha value is -3.73. The molecule has 0 saturated carbocycles. The standard InChI is InChI=1S/C23H18N4O/c1-14-5-3-4-6-19(14)20-9-7-17(11-15(20)2)23-25-22(27-28-23)16-8-10-21-18(12-16)13-24-26-21/h3-13H,1-2H3,(H,24,26). The van der Waals surface area contributed by atoms with Crippen LogP contribution in [-0.2, 0) is 0 Å². The lowest BCUT2D eigenvalue weighted by atomic mass is 9.95. The van der Waals surface area contributed by atoms with Crippen molar-refractivity contribution in [1.82, 2.24) is 20.3 Å². The molecule has 5 aromatic rings. The predicted molar refractivity (Wildman–Crippen MR) is 110 cm³/mol. The number of aromatic nitrogens is 4. The summed E-state index contributed by atoms with van der Waals surface area (Å²) in [5.41, 5.74) is 7.68. The SMILES string of the molecule is Cc1ccccc1-c1ccc(-c2nc(-c3ccc4[nH]ncc4c3)no2)cc1C. The number of aromatic amines is 1. The molecule has 1 N–H and O–H groups in total. The lowest BCUT2D eigenvalue weighted by Gasteiger charge is -2.10. The van der Waals surface area contributed by atoms with Crippen molar-refractivity contribution in [3.05, 3.63) is 78.0 Å². The Labute approximate surface area is 162 Å². The van der Waals surface area contributed by atoms with Gasteiger partial charge in [-0.3, -0.25) is 5.10 Å². The van der Waals surface area contributed by atoms with Gasteiger partial charge in [-0.25, -0.2) is 0 Å². The van der Waals surface area contributed by atoms with Crippen LogP contribution in [0.5, 0.6) is 0 Å². The zero-order valence-corrected chi connectivity index (χ0v) is 15.6. The fourth-order valence-electron chi connectivity index (χ4n) is 3.51. The molecule has 0 amide bonds. The summed E-state index contributed by atoms with van der Waals surface area (Å²) in [7, 11) is 0. The maximum atomic E-state index is 5.54. The number of nitrogens with zero attached hydrogens (tertiary/aromatic N) is 3. The predicted octanol–water partition coefficient (Wildman–Crippen LogP) is 5.56. The normalized spacial score (nSPS) is 11.2. The molecule has 0 spiro atoms. The molecule has 0 unspecified atom stereocenters. The van der Waals surface area contributed by atoms with Gasteiger partial charge in [-0.15, -0.1) is 0 Å². The quantitative estimate of drug-likeness (QED) is 0.454. The van der Waals surface area contributed by atoms with Crippen LogP contribution in [0.4, 0.5) is 0 Å². The molecule has 0 bridgehead atoms. The second-order valence-electron chi connectivity index (χ2n) is 6.94. The molecule has 2 heterocycles. The molecule has 0 aliphatic heterocycles. The summed E-state index contributed by atoms with van der Waals surface area (Å²) in [6.45, 7) is 4.24. The lowest BCUT2D eigenvalue weighted by molar-refractivity contribution is 0.432. The van der Waals surface area contributed by atoms with E-state index >= 15 is 0 Å². The van der Waals surface area contributed by atoms with Gasteiger partial charge >= 0.3 is 0 Å². The smallest absolute Gasteiger partial charge is 0.258 e. The molecule has 5 nitrogen and oxygen atoms in total. The maximum absolute atomic E-state index is 5.54. The highest BCUT2D eigenvalue weighted by Gasteiger charge is 2.13. The summed E-state index contributed by atoms with van der Waals surface area (Å²) in [4.78, 5) is 4.59. The minimum Gasteiger partial charge on any atom is -0.334 e. The molecule has 3 aromatic carbocycles. The minimum absolute atomic E-state index is 0.515. The molecule has 2 aromatic heterocycles. The van der Waals surface area contributed by atoms with Gasteiger partial charge in [-0.1, -0.05) is 35.5 Å². The number of hydrogen-bond donors (Lipinski definition) is 1. The fraction of sp³-hybridized carbons (Fsp3) is 0.0870. The van der Waals surface area contributed by atoms with Gasteiger partial charge < -0.3 is 4.52 Å². The monoisotopic (exact) mass is 366 g/mol. The van der Waals surface area contributed by atoms with E-state index in [0.29, 0.717) is 11.7 Å². The summed E-state index contributed by atoms with van der Waals surface area (Å²) < 4.78 is 5.54. The van der Waals surface area contributed by atoms with Crippen molar-refractivity contribution in [3.63, 3.8) is 0 Å². The van der Waals surface area contributed by atoms with E-state index in [2.05, 4.69) is 70.6 Å². The van der Waals surface area contributed by atoms with Crippen molar-refractivity contribution < 1.29 is 4.52 Å². The number of rotatable bonds is 3. The van der Waals surface area contributed by atoms with Crippen LogP contribution in [0, 0.1) is 13.8 Å². The van der Waals surface area contributed by atoms with Crippen LogP contribution in [0.2, 0.25) is 0 Å². The summed E-state index contributed by atoms with van der Waals surface area (Å²) in [5.74, 6) is 1.08. The number of benzene rings is 3. The van der Waals surface area contributed by atoms with Gasteiger partial charge in [0, 0.05) is 16.5 Å². The number of nitrogens with one attached hydrogen (secondary N) is 1. The average molecular weight is 366 g/mol. The third-order valence-electron chi connectivity index (χ3n) is 5.03. The van der Waals surface area contributed by atoms with Crippen molar-refractivity contribution in [3.8, 4) is 34.0 Å². The molecule has 5 heteroatoms. The molecular formula is C23H18N4O. The van der Waals surface area contributed by atoms with Crippen LogP contribution in [0.1, 0.15) is 11.1 Å². The Morgan fingerprint density at radius 2 is 1.64 bits per heavy atom. The fourth-order valence-corrected chi connectivity index (χ4v) is 3.51. The van der Waals surface area contributed by atoms with E-state index in [-0.39, 0.29) is 0 Å². The van der Waals surface area contributed by atoms with Crippen LogP contribution in [0.15, 0.2) is 71.4 Å². The highest BCUT2D eigenvalue weighted by molar-refractivity contribution is 5.83. The Bertz CT molecular complexity index is 1300. The third kappa shape index (κ3) is 2.77. The van der Waals surface area contributed by atoms with E-state index in [0.717, 1.165) is 22.0 Å². The molecule has 0 saturated heterocycles. The first-order valence-corrected chi connectivity index (χ1v) is 9.13. The maximum Gasteiger partial charge on any atom is 0.258 e. The van der Waals surface area contributed by atoms with Crippen molar-refractivity contribution >= 4 is 10.9 Å². The molecule has 0 atom stereocenters. The number of aryl methyl sites for hydroxylation is 2. The zero-order valence-electron chi connectivity index (χ0n) is 15.6. The molecular weight excluding hydrogens is 348 g/mol. The molecule has 0 aliphatic carbocycles. The van der Waals surface area contributed by atoms with E-state index in [1.807, 2.05) is 24.3 Å². The second kappa shape index (κ2) is 6.46. The molecule has 5 rings (SSSR count). The van der Waals surface area contributed by atoms with Gasteiger partial charge in [-0.2, -0.15) is 10.1 Å². The van der Waals surface area contributed by atoms with Crippen LogP contribution < -0.4 is 0 Å². The van der Waals surface area contributed by atoms with Crippen LogP contribution in [-0.4, -0.2) is 20.3 Å². The highest BCUT2D eigenvalue weighted by atomic mass is 16.5. The van der Waals surface area contributed by atoms with Crippen LogP contribution in [0.3, 0.4) is 0 Å². The molecule has 0 aliphatic rings. The van der Waals surface area contributed by atoms with Crippen molar-refractivity contribution in [2.24, 2.45) is 0 Å². The number of fused-ring (bicyclic) bond motifs is 1. The highest BCUT2D eigenvalue weighted by Crippen LogP contribution is 2.31. The Kier molecular flexibility index (Phi) is 3.79. The van der Waals surface area contributed by atoms with Gasteiger partial charge in [0.1, 0.15) is 0 Å². The van der Waals surface area contributed by atoms with E-state index in [4.69, 9.17) is 4.52 Å². The van der Waals surface area contributed by atoms with Gasteiger partial charge in [0.25, 0.3) is 5.89 Å². The third-order valence-corrected chi connectivity index (χ3v) is 5.03. The minimum atomic E-state index is 0.515. The largest absolute Gasteiger partial charge is 0.334 e. The summed E-state index contributed by atoms with van der Waals surface area (Å²) in [6, 6.07) is 20.6. The lowest BCUT2D eigenvalue weighted by Crippen LogP contribution is -1.88. The Balaban J connectivity index is 1.50. The first-order chi connectivity index (χ1) is 13.7. The van der Waals surface area contributed by atoms with Crippen LogP contribution >= 0.6 is 0 Å². The molecule has 0 fully saturated rings. The van der Waals surface area contributed by atoms with E-state index in [1.165, 1.54) is 22.3 Å². The molecule has 0 radical (unpaired) electrons. The number of hydrogen-bond acceptors (Lipinski definition) is 4. The Morgan fingerprint density at radius 3 is 2.50 bits per heavy atom. The summed E-state index contributed by atoms with van der Waals surface area (Å²) >= 11 is 0. The number of H-pyrrole nitrogens is 1. The van der Waals surface area contributed by atoms with Gasteiger partial charge in [0.2, 0.25) is 5.82 Å². The van der Waals surface area contributed by atoms with Crippen molar-refractivity contribution in [2.75, 3.05) is 0 Å². The van der Waals surface area contributed by atoms with Crippen molar-refractivity contribution in [1.29, 1.82) is 0 Å². The van der Waals surface area contributed by atoms with E-state index < -0.39 is 0 Å². The topological polar surface area (TPSA) is 67.6 Å². The first kappa shape index (κ1) is 16.4. The summed E-state index contributed by atoms with van der Waals surface area (Å²) in [5, 5.41) is 12.2. The van der Waals surface area contributed by atoms with Crippen molar-refractivity contribution in [2.45, 2.75) is 13.8 Å². The Morgan fingerprint density at radius 1 is 0.821 bits per heavy atom. The van der Waals surface area contributed by atoms with Gasteiger partial charge in [0.15, 0.2) is 0 Å². The second-order valence-corrected chi connectivity index (χ2v) is 6.94. The average Bonchev–Trinajstić information content (AvgIpc) is 3.37.